The molecule has 0 radical (unpaired) electrons. The number of hydrogen-bond acceptors (Lipinski definition) is 7. The number of furan rings is 1. The van der Waals surface area contributed by atoms with E-state index in [-0.39, 0.29) is 0 Å². The van der Waals surface area contributed by atoms with Crippen LogP contribution in [0, 0.1) is 0 Å². The first-order valence-electron chi connectivity index (χ1n) is 7.66. The van der Waals surface area contributed by atoms with Crippen LogP contribution in [0.15, 0.2) is 63.6 Å². The second kappa shape index (κ2) is 8.47. The number of pyridine rings is 1. The highest BCUT2D eigenvalue weighted by molar-refractivity contribution is 7.99. The van der Waals surface area contributed by atoms with Crippen LogP contribution in [0.1, 0.15) is 18.2 Å². The average Bonchev–Trinajstić information content (AvgIpc) is 3.05. The number of hydrogen-bond donors (Lipinski definition) is 1. The smallest absolute Gasteiger partial charge is 0.217 e. The maximum absolute atomic E-state index is 5.78. The van der Waals surface area contributed by atoms with Gasteiger partial charge in [-0.1, -0.05) is 6.07 Å². The van der Waals surface area contributed by atoms with Gasteiger partial charge in [0.05, 0.1) is 13.2 Å². The second-order valence-electron chi connectivity index (χ2n) is 4.86. The standard InChI is InChI=1S/C17H18N4O2S/c1-2-22-16-13(5-3-8-19-16)11-18-12-14-6-7-15(23-14)24-17-20-9-4-10-21-17/h3-10,18H,2,11-12H2,1H3. The molecule has 0 aliphatic heterocycles. The Morgan fingerprint density at radius 2 is 1.88 bits per heavy atom. The van der Waals surface area contributed by atoms with Gasteiger partial charge in [0.2, 0.25) is 5.88 Å². The molecule has 3 rings (SSSR count). The maximum Gasteiger partial charge on any atom is 0.217 e. The number of nitrogens with one attached hydrogen (secondary N) is 1. The molecular weight excluding hydrogens is 324 g/mol. The lowest BCUT2D eigenvalue weighted by atomic mass is 10.2. The highest BCUT2D eigenvalue weighted by Crippen LogP contribution is 2.26. The van der Waals surface area contributed by atoms with Gasteiger partial charge < -0.3 is 14.5 Å². The molecular formula is C17H18N4O2S. The molecule has 1 N–H and O–H groups in total. The van der Waals surface area contributed by atoms with E-state index in [4.69, 9.17) is 9.15 Å². The van der Waals surface area contributed by atoms with Crippen molar-refractivity contribution in [3.63, 3.8) is 0 Å². The van der Waals surface area contributed by atoms with Gasteiger partial charge in [-0.15, -0.1) is 0 Å². The predicted octanol–water partition coefficient (Wildman–Crippen LogP) is 3.30. The normalized spacial score (nSPS) is 10.7. The monoisotopic (exact) mass is 342 g/mol. The molecule has 0 saturated carbocycles. The van der Waals surface area contributed by atoms with Crippen molar-refractivity contribution in [2.75, 3.05) is 6.61 Å². The minimum atomic E-state index is 0.602. The van der Waals surface area contributed by atoms with Crippen molar-refractivity contribution in [2.24, 2.45) is 0 Å². The van der Waals surface area contributed by atoms with Gasteiger partial charge >= 0.3 is 0 Å². The van der Waals surface area contributed by atoms with Crippen molar-refractivity contribution in [1.29, 1.82) is 0 Å². The van der Waals surface area contributed by atoms with Gasteiger partial charge in [-0.2, -0.15) is 0 Å². The fourth-order valence-electron chi connectivity index (χ4n) is 2.08. The van der Waals surface area contributed by atoms with E-state index in [1.807, 2.05) is 31.2 Å². The van der Waals surface area contributed by atoms with E-state index in [0.717, 1.165) is 16.4 Å². The van der Waals surface area contributed by atoms with Crippen LogP contribution in [0.5, 0.6) is 5.88 Å². The lowest BCUT2D eigenvalue weighted by Crippen LogP contribution is -2.13. The third-order valence-electron chi connectivity index (χ3n) is 3.12. The molecule has 0 aliphatic carbocycles. The third-order valence-corrected chi connectivity index (χ3v) is 3.93. The van der Waals surface area contributed by atoms with Crippen LogP contribution in [0.3, 0.4) is 0 Å². The van der Waals surface area contributed by atoms with Gasteiger partial charge in [-0.3, -0.25) is 0 Å². The van der Waals surface area contributed by atoms with Crippen molar-refractivity contribution in [2.45, 2.75) is 30.3 Å². The quantitative estimate of drug-likeness (QED) is 0.630. The van der Waals surface area contributed by atoms with Crippen molar-refractivity contribution < 1.29 is 9.15 Å². The molecule has 0 atom stereocenters. The first kappa shape index (κ1) is 16.5. The van der Waals surface area contributed by atoms with Gasteiger partial charge in [0, 0.05) is 30.7 Å². The topological polar surface area (TPSA) is 73.1 Å². The van der Waals surface area contributed by atoms with Crippen molar-refractivity contribution >= 4 is 11.8 Å². The summed E-state index contributed by atoms with van der Waals surface area (Å²) < 4.78 is 11.3. The van der Waals surface area contributed by atoms with Gasteiger partial charge in [0.25, 0.3) is 0 Å². The van der Waals surface area contributed by atoms with Gasteiger partial charge in [-0.05, 0) is 43.0 Å². The summed E-state index contributed by atoms with van der Waals surface area (Å²) in [5.74, 6) is 1.53. The lowest BCUT2D eigenvalue weighted by Gasteiger charge is -2.08. The molecule has 24 heavy (non-hydrogen) atoms. The Kier molecular flexibility index (Phi) is 5.81. The van der Waals surface area contributed by atoms with Crippen molar-refractivity contribution in [3.8, 4) is 5.88 Å². The summed E-state index contributed by atoms with van der Waals surface area (Å²) in [5.41, 5.74) is 1.03. The fraction of sp³-hybridized carbons (Fsp3) is 0.235. The second-order valence-corrected chi connectivity index (χ2v) is 5.83. The summed E-state index contributed by atoms with van der Waals surface area (Å²) >= 11 is 1.40. The molecule has 7 heteroatoms. The highest BCUT2D eigenvalue weighted by atomic mass is 32.2. The Morgan fingerprint density at radius 1 is 1.04 bits per heavy atom. The summed E-state index contributed by atoms with van der Waals surface area (Å²) in [6.07, 6.45) is 5.16. The summed E-state index contributed by atoms with van der Waals surface area (Å²) in [4.78, 5) is 12.6. The molecule has 3 aromatic heterocycles. The molecule has 0 spiro atoms. The Labute approximate surface area is 144 Å². The molecule has 3 aromatic rings. The van der Waals surface area contributed by atoms with Crippen molar-refractivity contribution in [1.82, 2.24) is 20.3 Å². The van der Waals surface area contributed by atoms with Crippen LogP contribution in [0.25, 0.3) is 0 Å². The Hall–Kier alpha value is -2.38. The zero-order chi connectivity index (χ0) is 16.6. The first-order valence-corrected chi connectivity index (χ1v) is 8.48. The van der Waals surface area contributed by atoms with Gasteiger partial charge in [0.15, 0.2) is 10.2 Å². The predicted molar refractivity (Wildman–Crippen MR) is 90.8 cm³/mol. The molecule has 0 unspecified atom stereocenters. The first-order chi connectivity index (χ1) is 11.8. The highest BCUT2D eigenvalue weighted by Gasteiger charge is 2.07. The van der Waals surface area contributed by atoms with E-state index in [1.54, 1.807) is 24.7 Å². The van der Waals surface area contributed by atoms with Crippen LogP contribution >= 0.6 is 11.8 Å². The number of aromatic nitrogens is 3. The number of nitrogens with zero attached hydrogens (tertiary/aromatic N) is 3. The molecule has 3 heterocycles. The van der Waals surface area contributed by atoms with Crippen LogP contribution < -0.4 is 10.1 Å². The van der Waals surface area contributed by atoms with E-state index < -0.39 is 0 Å². The van der Waals surface area contributed by atoms with Crippen LogP contribution in [-0.4, -0.2) is 21.6 Å². The minimum Gasteiger partial charge on any atom is -0.478 e. The summed E-state index contributed by atoms with van der Waals surface area (Å²) in [7, 11) is 0. The largest absolute Gasteiger partial charge is 0.478 e. The zero-order valence-corrected chi connectivity index (χ0v) is 14.1. The molecule has 0 bridgehead atoms. The molecule has 0 aromatic carbocycles. The number of rotatable bonds is 8. The average molecular weight is 342 g/mol. The van der Waals surface area contributed by atoms with E-state index >= 15 is 0 Å². The maximum atomic E-state index is 5.78. The SMILES string of the molecule is CCOc1ncccc1CNCc1ccc(Sc2ncccn2)o1. The molecule has 0 amide bonds. The zero-order valence-electron chi connectivity index (χ0n) is 13.3. The van der Waals surface area contributed by atoms with E-state index in [2.05, 4.69) is 20.3 Å². The van der Waals surface area contributed by atoms with Crippen LogP contribution in [0.2, 0.25) is 0 Å². The van der Waals surface area contributed by atoms with Gasteiger partial charge in [-0.25, -0.2) is 15.0 Å². The number of ether oxygens (including phenoxy) is 1. The Balaban J connectivity index is 1.53. The summed E-state index contributed by atoms with van der Waals surface area (Å²) in [5, 5.41) is 4.78. The fourth-order valence-corrected chi connectivity index (χ4v) is 2.77. The third kappa shape index (κ3) is 4.56. The molecule has 124 valence electrons. The summed E-state index contributed by atoms with van der Waals surface area (Å²) in [6.45, 7) is 3.83. The lowest BCUT2D eigenvalue weighted by molar-refractivity contribution is 0.321. The van der Waals surface area contributed by atoms with Crippen LogP contribution in [0.4, 0.5) is 0 Å². The van der Waals surface area contributed by atoms with E-state index in [9.17, 15) is 0 Å². The van der Waals surface area contributed by atoms with Crippen LogP contribution in [-0.2, 0) is 13.1 Å². The molecule has 0 saturated heterocycles. The minimum absolute atomic E-state index is 0.602. The molecule has 0 aliphatic rings. The van der Waals surface area contributed by atoms with E-state index in [0.29, 0.717) is 30.7 Å². The Morgan fingerprint density at radius 3 is 2.71 bits per heavy atom. The molecule has 0 fully saturated rings. The van der Waals surface area contributed by atoms with Crippen molar-refractivity contribution in [3.05, 3.63) is 60.2 Å². The summed E-state index contributed by atoms with van der Waals surface area (Å²) in [6, 6.07) is 9.57. The van der Waals surface area contributed by atoms with Gasteiger partial charge in [0.1, 0.15) is 5.76 Å². The van der Waals surface area contributed by atoms with E-state index in [1.165, 1.54) is 11.8 Å². The molecule has 6 nitrogen and oxygen atoms in total. The Bertz CT molecular complexity index is 764.